The van der Waals surface area contributed by atoms with Gasteiger partial charge in [-0.1, -0.05) is 31.0 Å². The number of aryl methyl sites for hydroxylation is 3. The molecule has 5 amide bonds. The summed E-state index contributed by atoms with van der Waals surface area (Å²) in [5, 5.41) is 8.13. The number of amides is 5. The SMILES string of the molecule is CCC1CCC2(CC1)NC(=O)N(CC(=O)NCC(=O)Nc1c(C)cc(C)cc1C)C2=O. The average Bonchev–Trinajstić information content (AvgIpc) is 2.94. The molecule has 0 unspecified atom stereocenters. The molecule has 31 heavy (non-hydrogen) atoms. The van der Waals surface area contributed by atoms with Crippen LogP contribution >= 0.6 is 0 Å². The van der Waals surface area contributed by atoms with Crippen molar-refractivity contribution in [3.05, 3.63) is 28.8 Å². The predicted molar refractivity (Wildman–Crippen MR) is 118 cm³/mol. The van der Waals surface area contributed by atoms with Crippen molar-refractivity contribution in [1.82, 2.24) is 15.5 Å². The lowest BCUT2D eigenvalue weighted by atomic mass is 9.75. The fourth-order valence-corrected chi connectivity index (χ4v) is 4.68. The number of carbonyl (C=O) groups excluding carboxylic acids is 4. The first-order chi connectivity index (χ1) is 14.6. The highest BCUT2D eigenvalue weighted by Gasteiger charge is 2.52. The fourth-order valence-electron chi connectivity index (χ4n) is 4.68. The van der Waals surface area contributed by atoms with Crippen LogP contribution in [0.4, 0.5) is 10.5 Å². The zero-order chi connectivity index (χ0) is 22.8. The number of nitrogens with one attached hydrogen (secondary N) is 3. The van der Waals surface area contributed by atoms with E-state index in [4.69, 9.17) is 0 Å². The molecule has 168 valence electrons. The molecule has 0 atom stereocenters. The Morgan fingerprint density at radius 1 is 1.10 bits per heavy atom. The van der Waals surface area contributed by atoms with Crippen LogP contribution in [-0.2, 0) is 14.4 Å². The van der Waals surface area contributed by atoms with Gasteiger partial charge in [0.25, 0.3) is 5.91 Å². The van der Waals surface area contributed by atoms with Gasteiger partial charge in [-0.25, -0.2) is 4.79 Å². The maximum absolute atomic E-state index is 12.9. The molecule has 1 aromatic rings. The van der Waals surface area contributed by atoms with Crippen LogP contribution in [0.15, 0.2) is 12.1 Å². The van der Waals surface area contributed by atoms with Gasteiger partial charge >= 0.3 is 6.03 Å². The van der Waals surface area contributed by atoms with Gasteiger partial charge in [0.15, 0.2) is 0 Å². The minimum Gasteiger partial charge on any atom is -0.345 e. The Bertz CT molecular complexity index is 880. The number of anilines is 1. The Morgan fingerprint density at radius 3 is 2.29 bits per heavy atom. The van der Waals surface area contributed by atoms with Crippen molar-refractivity contribution in [2.45, 2.75) is 65.3 Å². The average molecular weight is 429 g/mol. The molecule has 3 N–H and O–H groups in total. The van der Waals surface area contributed by atoms with Crippen molar-refractivity contribution in [1.29, 1.82) is 0 Å². The van der Waals surface area contributed by atoms with E-state index in [1.807, 2.05) is 32.9 Å². The lowest BCUT2D eigenvalue weighted by molar-refractivity contribution is -0.136. The number of benzene rings is 1. The zero-order valence-electron chi connectivity index (χ0n) is 18.8. The second kappa shape index (κ2) is 9.08. The summed E-state index contributed by atoms with van der Waals surface area (Å²) in [4.78, 5) is 50.8. The van der Waals surface area contributed by atoms with Crippen LogP contribution in [0.2, 0.25) is 0 Å². The van der Waals surface area contributed by atoms with Gasteiger partial charge in [0, 0.05) is 5.69 Å². The smallest absolute Gasteiger partial charge is 0.325 e. The minimum absolute atomic E-state index is 0.238. The Morgan fingerprint density at radius 2 is 1.71 bits per heavy atom. The van der Waals surface area contributed by atoms with Crippen LogP contribution < -0.4 is 16.0 Å². The van der Waals surface area contributed by atoms with Crippen molar-refractivity contribution >= 4 is 29.4 Å². The van der Waals surface area contributed by atoms with Gasteiger partial charge in [-0.15, -0.1) is 0 Å². The molecule has 1 aliphatic carbocycles. The highest BCUT2D eigenvalue weighted by Crippen LogP contribution is 2.37. The topological polar surface area (TPSA) is 108 Å². The summed E-state index contributed by atoms with van der Waals surface area (Å²) in [5.41, 5.74) is 2.85. The Labute approximate surface area is 183 Å². The molecule has 0 radical (unpaired) electrons. The molecular formula is C23H32N4O4. The molecule has 1 aliphatic heterocycles. The summed E-state index contributed by atoms with van der Waals surface area (Å²) < 4.78 is 0. The van der Waals surface area contributed by atoms with E-state index >= 15 is 0 Å². The van der Waals surface area contributed by atoms with E-state index in [0.717, 1.165) is 46.5 Å². The summed E-state index contributed by atoms with van der Waals surface area (Å²) in [6.07, 6.45) is 4.05. The van der Waals surface area contributed by atoms with E-state index in [0.29, 0.717) is 18.8 Å². The highest BCUT2D eigenvalue weighted by molar-refractivity contribution is 6.09. The second-order valence-electron chi connectivity index (χ2n) is 8.85. The quantitative estimate of drug-likeness (QED) is 0.605. The molecule has 1 saturated heterocycles. The van der Waals surface area contributed by atoms with Crippen molar-refractivity contribution in [3.63, 3.8) is 0 Å². The Kier molecular flexibility index (Phi) is 6.67. The van der Waals surface area contributed by atoms with E-state index in [9.17, 15) is 19.2 Å². The summed E-state index contributed by atoms with van der Waals surface area (Å²) >= 11 is 0. The molecule has 8 heteroatoms. The standard InChI is InChI=1S/C23H32N4O4/c1-5-17-6-8-23(9-7-17)21(30)27(22(31)26-23)13-19(29)24-12-18(28)25-20-15(3)10-14(2)11-16(20)4/h10-11,17H,5-9,12-13H2,1-4H3,(H,24,29)(H,25,28)(H,26,31). The van der Waals surface area contributed by atoms with Gasteiger partial charge in [0.1, 0.15) is 12.1 Å². The molecule has 0 aromatic heterocycles. The lowest BCUT2D eigenvalue weighted by Crippen LogP contribution is -2.50. The van der Waals surface area contributed by atoms with Crippen LogP contribution in [0.25, 0.3) is 0 Å². The van der Waals surface area contributed by atoms with Gasteiger partial charge in [-0.05, 0) is 63.5 Å². The van der Waals surface area contributed by atoms with Gasteiger partial charge in [-0.2, -0.15) is 0 Å². The van der Waals surface area contributed by atoms with Gasteiger partial charge < -0.3 is 16.0 Å². The molecule has 1 saturated carbocycles. The van der Waals surface area contributed by atoms with E-state index < -0.39 is 17.5 Å². The summed E-state index contributed by atoms with van der Waals surface area (Å²) in [7, 11) is 0. The maximum Gasteiger partial charge on any atom is 0.325 e. The third-order valence-corrected chi connectivity index (χ3v) is 6.47. The summed E-state index contributed by atoms with van der Waals surface area (Å²) in [6.45, 7) is 7.32. The van der Waals surface area contributed by atoms with Crippen LogP contribution in [0.5, 0.6) is 0 Å². The highest BCUT2D eigenvalue weighted by atomic mass is 16.2. The molecule has 1 heterocycles. The zero-order valence-corrected chi connectivity index (χ0v) is 18.8. The van der Waals surface area contributed by atoms with E-state index in [-0.39, 0.29) is 24.9 Å². The molecule has 3 rings (SSSR count). The first-order valence-electron chi connectivity index (χ1n) is 10.9. The van der Waals surface area contributed by atoms with Crippen LogP contribution in [0.3, 0.4) is 0 Å². The van der Waals surface area contributed by atoms with Crippen LogP contribution in [-0.4, -0.2) is 47.3 Å². The van der Waals surface area contributed by atoms with Crippen molar-refractivity contribution in [3.8, 4) is 0 Å². The molecular weight excluding hydrogens is 396 g/mol. The first-order valence-corrected chi connectivity index (χ1v) is 10.9. The number of nitrogens with zero attached hydrogens (tertiary/aromatic N) is 1. The van der Waals surface area contributed by atoms with Gasteiger partial charge in [-0.3, -0.25) is 19.3 Å². The van der Waals surface area contributed by atoms with E-state index in [1.54, 1.807) is 0 Å². The normalized spacial score (nSPS) is 23.1. The molecule has 0 bridgehead atoms. The fraction of sp³-hybridized carbons (Fsp3) is 0.565. The van der Waals surface area contributed by atoms with Crippen LogP contribution in [0, 0.1) is 26.7 Å². The van der Waals surface area contributed by atoms with E-state index in [2.05, 4.69) is 22.9 Å². The third-order valence-electron chi connectivity index (χ3n) is 6.47. The summed E-state index contributed by atoms with van der Waals surface area (Å²) in [5.74, 6) is -0.671. The molecule has 1 aromatic carbocycles. The number of imide groups is 1. The van der Waals surface area contributed by atoms with Crippen molar-refractivity contribution in [2.75, 3.05) is 18.4 Å². The number of hydrogen-bond acceptors (Lipinski definition) is 4. The molecule has 8 nitrogen and oxygen atoms in total. The monoisotopic (exact) mass is 428 g/mol. The molecule has 2 aliphatic rings. The minimum atomic E-state index is -0.874. The Hall–Kier alpha value is -2.90. The van der Waals surface area contributed by atoms with Crippen LogP contribution in [0.1, 0.15) is 55.7 Å². The maximum atomic E-state index is 12.9. The lowest BCUT2D eigenvalue weighted by Gasteiger charge is -2.34. The van der Waals surface area contributed by atoms with Gasteiger partial charge in [0.2, 0.25) is 11.8 Å². The number of urea groups is 1. The van der Waals surface area contributed by atoms with E-state index in [1.165, 1.54) is 0 Å². The molecule has 2 fully saturated rings. The first kappa shape index (κ1) is 22.8. The largest absolute Gasteiger partial charge is 0.345 e. The van der Waals surface area contributed by atoms with Crippen molar-refractivity contribution < 1.29 is 19.2 Å². The number of carbonyl (C=O) groups is 4. The Balaban J connectivity index is 1.52. The summed E-state index contributed by atoms with van der Waals surface area (Å²) in [6, 6.07) is 3.41. The molecule has 1 spiro atoms. The number of rotatable bonds is 6. The van der Waals surface area contributed by atoms with Crippen molar-refractivity contribution in [2.24, 2.45) is 5.92 Å². The second-order valence-corrected chi connectivity index (χ2v) is 8.85. The number of hydrogen-bond donors (Lipinski definition) is 3. The van der Waals surface area contributed by atoms with Gasteiger partial charge in [0.05, 0.1) is 6.54 Å². The predicted octanol–water partition coefficient (Wildman–Crippen LogP) is 2.56. The third kappa shape index (κ3) is 4.89.